The number of esters is 1. The Labute approximate surface area is 140 Å². The van der Waals surface area contributed by atoms with Crippen molar-refractivity contribution in [1.82, 2.24) is 0 Å². The second-order valence-corrected chi connectivity index (χ2v) is 5.16. The summed E-state index contributed by atoms with van der Waals surface area (Å²) in [5.74, 6) is 0.535. The van der Waals surface area contributed by atoms with Crippen LogP contribution in [0.3, 0.4) is 0 Å². The van der Waals surface area contributed by atoms with Crippen LogP contribution in [0.4, 0.5) is 5.69 Å². The summed E-state index contributed by atoms with van der Waals surface area (Å²) in [4.78, 5) is 12.0. The number of hydrogen-bond donors (Lipinski definition) is 1. The van der Waals surface area contributed by atoms with Gasteiger partial charge in [0.2, 0.25) is 0 Å². The molecule has 23 heavy (non-hydrogen) atoms. The zero-order valence-corrected chi connectivity index (χ0v) is 13.9. The molecule has 0 aliphatic rings. The van der Waals surface area contributed by atoms with Crippen LogP contribution in [0.25, 0.3) is 0 Å². The number of anilines is 1. The first-order valence-corrected chi connectivity index (χ1v) is 7.29. The van der Waals surface area contributed by atoms with Crippen molar-refractivity contribution < 1.29 is 19.0 Å². The normalized spacial score (nSPS) is 10.1. The third-order valence-corrected chi connectivity index (χ3v) is 3.58. The average Bonchev–Trinajstić information content (AvgIpc) is 2.59. The smallest absolute Gasteiger partial charge is 0.340 e. The van der Waals surface area contributed by atoms with Crippen molar-refractivity contribution in [2.75, 3.05) is 26.6 Å². The molecule has 2 rings (SSSR count). The molecule has 0 spiro atoms. The molecule has 0 fully saturated rings. The van der Waals surface area contributed by atoms with Gasteiger partial charge >= 0.3 is 5.97 Å². The zero-order valence-electron chi connectivity index (χ0n) is 13.2. The average molecular weight is 336 g/mol. The first kappa shape index (κ1) is 17.0. The van der Waals surface area contributed by atoms with Crippen molar-refractivity contribution in [3.63, 3.8) is 0 Å². The first-order valence-electron chi connectivity index (χ1n) is 6.91. The predicted molar refractivity (Wildman–Crippen MR) is 89.7 cm³/mol. The minimum Gasteiger partial charge on any atom is -0.493 e. The molecule has 0 aliphatic carbocycles. The molecule has 0 saturated carbocycles. The first-order chi connectivity index (χ1) is 11.1. The van der Waals surface area contributed by atoms with Gasteiger partial charge < -0.3 is 19.5 Å². The SMILES string of the molecule is COC(=O)c1cc(OC)c(OC)cc1NCc1ccc(Cl)cc1. The van der Waals surface area contributed by atoms with Gasteiger partial charge in [0.25, 0.3) is 0 Å². The van der Waals surface area contributed by atoms with Crippen LogP contribution in [0.15, 0.2) is 36.4 Å². The maximum absolute atomic E-state index is 12.0. The van der Waals surface area contributed by atoms with E-state index in [9.17, 15) is 4.79 Å². The van der Waals surface area contributed by atoms with Gasteiger partial charge in [-0.25, -0.2) is 4.79 Å². The molecule has 0 aliphatic heterocycles. The van der Waals surface area contributed by atoms with Gasteiger partial charge in [0.15, 0.2) is 11.5 Å². The van der Waals surface area contributed by atoms with Crippen molar-refractivity contribution in [2.45, 2.75) is 6.54 Å². The van der Waals surface area contributed by atoms with Crippen molar-refractivity contribution in [2.24, 2.45) is 0 Å². The van der Waals surface area contributed by atoms with Crippen LogP contribution < -0.4 is 14.8 Å². The number of methoxy groups -OCH3 is 3. The Balaban J connectivity index is 2.30. The second kappa shape index (κ2) is 7.74. The molecule has 2 aromatic rings. The number of rotatable bonds is 6. The fourth-order valence-corrected chi connectivity index (χ4v) is 2.23. The molecule has 6 heteroatoms. The predicted octanol–water partition coefficient (Wildman–Crippen LogP) is 3.76. The van der Waals surface area contributed by atoms with Gasteiger partial charge in [-0.2, -0.15) is 0 Å². The molecule has 0 radical (unpaired) electrons. The lowest BCUT2D eigenvalue weighted by Gasteiger charge is -2.15. The molecule has 0 bridgehead atoms. The molecule has 0 saturated heterocycles. The molecule has 0 amide bonds. The Morgan fingerprint density at radius 1 is 1.04 bits per heavy atom. The molecule has 2 aromatic carbocycles. The van der Waals surface area contributed by atoms with E-state index >= 15 is 0 Å². The van der Waals surface area contributed by atoms with E-state index in [1.165, 1.54) is 14.2 Å². The van der Waals surface area contributed by atoms with Crippen molar-refractivity contribution >= 4 is 23.3 Å². The summed E-state index contributed by atoms with van der Waals surface area (Å²) in [6.07, 6.45) is 0. The van der Waals surface area contributed by atoms with Crippen LogP contribution in [0, 0.1) is 0 Å². The highest BCUT2D eigenvalue weighted by Crippen LogP contribution is 2.34. The number of ether oxygens (including phenoxy) is 3. The molecule has 0 atom stereocenters. The van der Waals surface area contributed by atoms with E-state index in [0.29, 0.717) is 34.3 Å². The van der Waals surface area contributed by atoms with Gasteiger partial charge in [-0.1, -0.05) is 23.7 Å². The molecule has 0 heterocycles. The highest BCUT2D eigenvalue weighted by atomic mass is 35.5. The van der Waals surface area contributed by atoms with Crippen LogP contribution in [0.5, 0.6) is 11.5 Å². The Kier molecular flexibility index (Phi) is 5.71. The maximum atomic E-state index is 12.0. The minimum atomic E-state index is -0.454. The van der Waals surface area contributed by atoms with Gasteiger partial charge in [-0.05, 0) is 17.7 Å². The number of benzene rings is 2. The monoisotopic (exact) mass is 335 g/mol. The lowest BCUT2D eigenvalue weighted by molar-refractivity contribution is 0.0601. The third kappa shape index (κ3) is 4.07. The minimum absolute atomic E-state index is 0.374. The summed E-state index contributed by atoms with van der Waals surface area (Å²) < 4.78 is 15.3. The van der Waals surface area contributed by atoms with Crippen molar-refractivity contribution in [3.8, 4) is 11.5 Å². The molecule has 122 valence electrons. The van der Waals surface area contributed by atoms with Gasteiger partial charge in [-0.3, -0.25) is 0 Å². The molecule has 0 aromatic heterocycles. The molecular weight excluding hydrogens is 318 g/mol. The summed E-state index contributed by atoms with van der Waals surface area (Å²) in [5.41, 5.74) is 2.00. The molecule has 5 nitrogen and oxygen atoms in total. The Morgan fingerprint density at radius 3 is 2.22 bits per heavy atom. The van der Waals surface area contributed by atoms with Gasteiger partial charge in [0.05, 0.1) is 32.6 Å². The summed E-state index contributed by atoms with van der Waals surface area (Å²) in [6.45, 7) is 0.524. The highest BCUT2D eigenvalue weighted by molar-refractivity contribution is 6.30. The van der Waals surface area contributed by atoms with E-state index in [4.69, 9.17) is 25.8 Å². The zero-order chi connectivity index (χ0) is 16.8. The van der Waals surface area contributed by atoms with Gasteiger partial charge in [-0.15, -0.1) is 0 Å². The number of carbonyl (C=O) groups is 1. The molecule has 1 N–H and O–H groups in total. The summed E-state index contributed by atoms with van der Waals surface area (Å²) in [6, 6.07) is 10.8. The van der Waals surface area contributed by atoms with E-state index in [0.717, 1.165) is 5.56 Å². The Bertz CT molecular complexity index is 686. The summed E-state index contributed by atoms with van der Waals surface area (Å²) >= 11 is 5.88. The van der Waals surface area contributed by atoms with E-state index in [1.54, 1.807) is 19.2 Å². The van der Waals surface area contributed by atoms with Gasteiger partial charge in [0, 0.05) is 23.7 Å². The quantitative estimate of drug-likeness (QED) is 0.815. The highest BCUT2D eigenvalue weighted by Gasteiger charge is 2.17. The maximum Gasteiger partial charge on any atom is 0.340 e. The van der Waals surface area contributed by atoms with Crippen molar-refractivity contribution in [1.29, 1.82) is 0 Å². The topological polar surface area (TPSA) is 56.8 Å². The lowest BCUT2D eigenvalue weighted by Crippen LogP contribution is -2.09. The van der Waals surface area contributed by atoms with Crippen LogP contribution >= 0.6 is 11.6 Å². The van der Waals surface area contributed by atoms with Crippen molar-refractivity contribution in [3.05, 3.63) is 52.5 Å². The van der Waals surface area contributed by atoms with E-state index in [-0.39, 0.29) is 0 Å². The molecule has 0 unspecified atom stereocenters. The van der Waals surface area contributed by atoms with Gasteiger partial charge in [0.1, 0.15) is 0 Å². The van der Waals surface area contributed by atoms with Crippen LogP contribution in [0.2, 0.25) is 5.02 Å². The lowest BCUT2D eigenvalue weighted by atomic mass is 10.1. The number of hydrogen-bond acceptors (Lipinski definition) is 5. The largest absolute Gasteiger partial charge is 0.493 e. The second-order valence-electron chi connectivity index (χ2n) is 4.72. The third-order valence-electron chi connectivity index (χ3n) is 3.33. The van der Waals surface area contributed by atoms with E-state index < -0.39 is 5.97 Å². The van der Waals surface area contributed by atoms with Crippen LogP contribution in [-0.2, 0) is 11.3 Å². The van der Waals surface area contributed by atoms with E-state index in [1.807, 2.05) is 24.3 Å². The fourth-order valence-electron chi connectivity index (χ4n) is 2.10. The fraction of sp³-hybridized carbons (Fsp3) is 0.235. The standard InChI is InChI=1S/C17H18ClNO4/c1-21-15-8-13(17(20)23-3)14(9-16(15)22-2)19-10-11-4-6-12(18)7-5-11/h4-9,19H,10H2,1-3H3. The molecular formula is C17H18ClNO4. The van der Waals surface area contributed by atoms with E-state index in [2.05, 4.69) is 5.32 Å². The van der Waals surface area contributed by atoms with Crippen LogP contribution in [-0.4, -0.2) is 27.3 Å². The Morgan fingerprint density at radius 2 is 1.65 bits per heavy atom. The summed E-state index contributed by atoms with van der Waals surface area (Å²) in [5, 5.41) is 3.89. The number of halogens is 1. The number of carbonyl (C=O) groups excluding carboxylic acids is 1. The van der Waals surface area contributed by atoms with Crippen LogP contribution in [0.1, 0.15) is 15.9 Å². The summed E-state index contributed by atoms with van der Waals surface area (Å²) in [7, 11) is 4.39. The Hall–Kier alpha value is -2.40. The number of nitrogens with one attached hydrogen (secondary N) is 1.